The van der Waals surface area contributed by atoms with Crippen molar-refractivity contribution in [2.75, 3.05) is 13.2 Å². The number of aldehydes is 1. The second kappa shape index (κ2) is 12.2. The minimum Gasteiger partial charge on any atom is -0.394 e. The summed E-state index contributed by atoms with van der Waals surface area (Å²) in [4.78, 5) is 11.0. The topological polar surface area (TPSA) is 256 Å². The van der Waals surface area contributed by atoms with Crippen molar-refractivity contribution in [1.82, 2.24) is 0 Å². The van der Waals surface area contributed by atoms with Gasteiger partial charge < -0.3 is 74.8 Å². The zero-order valence-electron chi connectivity index (χ0n) is 17.6. The van der Waals surface area contributed by atoms with Gasteiger partial charge in [-0.25, -0.2) is 0 Å². The Labute approximate surface area is 187 Å². The first-order valence-corrected chi connectivity index (χ1v) is 10.2. The zero-order valence-corrected chi connectivity index (χ0v) is 17.6. The van der Waals surface area contributed by atoms with Crippen molar-refractivity contribution < 1.29 is 74.8 Å². The Balaban J connectivity index is 2.17. The van der Waals surface area contributed by atoms with Gasteiger partial charge in [-0.05, 0) is 6.92 Å². The summed E-state index contributed by atoms with van der Waals surface area (Å²) in [5.74, 6) is 0. The summed E-state index contributed by atoms with van der Waals surface area (Å²) in [7, 11) is 0. The molecule has 0 aromatic carbocycles. The average molecular weight is 488 g/mol. The Morgan fingerprint density at radius 2 is 1.36 bits per heavy atom. The van der Waals surface area contributed by atoms with Crippen LogP contribution in [0.3, 0.4) is 0 Å². The zero-order chi connectivity index (χ0) is 25.0. The fraction of sp³-hybridized carbons (Fsp3) is 0.944. The van der Waals surface area contributed by atoms with Gasteiger partial charge in [-0.1, -0.05) is 0 Å². The van der Waals surface area contributed by atoms with Crippen molar-refractivity contribution in [2.45, 2.75) is 92.8 Å². The number of hydrogen-bond acceptors (Lipinski definition) is 15. The van der Waals surface area contributed by atoms with Crippen molar-refractivity contribution in [2.24, 2.45) is 0 Å². The molecule has 2 rings (SSSR count). The number of aliphatic hydroxyl groups excluding tert-OH is 10. The molecular formula is C18H32O15. The number of rotatable bonds is 10. The van der Waals surface area contributed by atoms with Gasteiger partial charge in [0.15, 0.2) is 18.9 Å². The molecule has 0 amide bonds. The first kappa shape index (κ1) is 28.3. The predicted molar refractivity (Wildman–Crippen MR) is 101 cm³/mol. The highest BCUT2D eigenvalue weighted by molar-refractivity contribution is 5.56. The molecular weight excluding hydrogens is 456 g/mol. The molecule has 0 saturated carbocycles. The van der Waals surface area contributed by atoms with Crippen LogP contribution < -0.4 is 0 Å². The quantitative estimate of drug-likeness (QED) is 0.128. The fourth-order valence-electron chi connectivity index (χ4n) is 3.54. The molecule has 0 spiro atoms. The molecule has 0 aliphatic carbocycles. The number of ether oxygens (including phenoxy) is 4. The van der Waals surface area contributed by atoms with E-state index in [-0.39, 0.29) is 6.29 Å². The first-order valence-electron chi connectivity index (χ1n) is 10.2. The molecule has 2 fully saturated rings. The van der Waals surface area contributed by atoms with Crippen molar-refractivity contribution in [3.05, 3.63) is 0 Å². The maximum atomic E-state index is 11.0. The van der Waals surface area contributed by atoms with Crippen LogP contribution in [0.25, 0.3) is 0 Å². The molecule has 10 N–H and O–H groups in total. The van der Waals surface area contributed by atoms with Crippen LogP contribution >= 0.6 is 0 Å². The largest absolute Gasteiger partial charge is 0.394 e. The lowest BCUT2D eigenvalue weighted by atomic mass is 9.96. The molecule has 2 aliphatic heterocycles. The van der Waals surface area contributed by atoms with Gasteiger partial charge in [-0.2, -0.15) is 0 Å². The van der Waals surface area contributed by atoms with E-state index in [1.807, 2.05) is 0 Å². The van der Waals surface area contributed by atoms with Crippen molar-refractivity contribution >= 4 is 6.29 Å². The van der Waals surface area contributed by atoms with Gasteiger partial charge in [0.25, 0.3) is 0 Å². The minimum absolute atomic E-state index is 0.0104. The van der Waals surface area contributed by atoms with Gasteiger partial charge in [-0.15, -0.1) is 0 Å². The average Bonchev–Trinajstić information content (AvgIpc) is 2.80. The molecule has 14 atom stereocenters. The molecule has 0 bridgehead atoms. The van der Waals surface area contributed by atoms with Crippen molar-refractivity contribution in [3.8, 4) is 0 Å². The highest BCUT2D eigenvalue weighted by atomic mass is 16.7. The third-order valence-electron chi connectivity index (χ3n) is 5.56. The molecule has 0 aromatic rings. The van der Waals surface area contributed by atoms with Gasteiger partial charge >= 0.3 is 0 Å². The summed E-state index contributed by atoms with van der Waals surface area (Å²) < 4.78 is 21.1. The Hall–Kier alpha value is -0.890. The summed E-state index contributed by atoms with van der Waals surface area (Å²) in [5.41, 5.74) is 0. The van der Waals surface area contributed by atoms with Gasteiger partial charge in [-0.3, -0.25) is 0 Å². The van der Waals surface area contributed by atoms with Crippen LogP contribution in [-0.2, 0) is 23.7 Å². The van der Waals surface area contributed by atoms with E-state index in [4.69, 9.17) is 18.9 Å². The van der Waals surface area contributed by atoms with Crippen LogP contribution in [0.2, 0.25) is 0 Å². The van der Waals surface area contributed by atoms with Crippen LogP contribution in [-0.4, -0.2) is 156 Å². The fourth-order valence-corrected chi connectivity index (χ4v) is 3.54. The maximum Gasteiger partial charge on any atom is 0.187 e. The van der Waals surface area contributed by atoms with Crippen LogP contribution in [0.15, 0.2) is 0 Å². The van der Waals surface area contributed by atoms with Gasteiger partial charge in [0.2, 0.25) is 0 Å². The van der Waals surface area contributed by atoms with Gasteiger partial charge in [0, 0.05) is 0 Å². The maximum absolute atomic E-state index is 11.0. The van der Waals surface area contributed by atoms with Crippen LogP contribution in [0.4, 0.5) is 0 Å². The lowest BCUT2D eigenvalue weighted by Crippen LogP contribution is -2.65. The highest BCUT2D eigenvalue weighted by Gasteiger charge is 2.51. The van der Waals surface area contributed by atoms with E-state index in [0.717, 1.165) is 6.92 Å². The number of aliphatic hydroxyl groups is 10. The van der Waals surface area contributed by atoms with Gasteiger partial charge in [0.05, 0.1) is 19.3 Å². The third-order valence-corrected chi connectivity index (χ3v) is 5.56. The van der Waals surface area contributed by atoms with E-state index in [2.05, 4.69) is 0 Å². The SMILES string of the molecule is C[C@H](O)[C@H](O)[C@@H](O[C@H]1O[C@H](CO)[C@@H](O[C@@H]2O[C@H](CO)[C@@H](O)[C@H](O)[C@@H]2O)[C@H](O)[C@@H]1O)[C@@H](O)C=O. The number of carbonyl (C=O) groups excluding carboxylic acids is 1. The predicted octanol–water partition coefficient (Wildman–Crippen LogP) is -6.70. The summed E-state index contributed by atoms with van der Waals surface area (Å²) in [6.45, 7) is -0.444. The van der Waals surface area contributed by atoms with E-state index in [1.165, 1.54) is 0 Å². The Morgan fingerprint density at radius 3 is 1.88 bits per heavy atom. The standard InChI is InChI=1S/C18H32O15/c1-5(22)9(24)15(6(23)2-19)32-18-14(29)12(27)16(8(4-21)31-18)33-17-13(28)11(26)10(25)7(3-20)30-17/h2,5-18,20-29H,3-4H2,1H3/t5-,6-,7+,8+,9-,10+,11-,12+,13-,14-,15-,16+,17-,18+/m0/s1. The lowest BCUT2D eigenvalue weighted by molar-refractivity contribution is -0.366. The molecule has 194 valence electrons. The summed E-state index contributed by atoms with van der Waals surface area (Å²) >= 11 is 0. The molecule has 33 heavy (non-hydrogen) atoms. The second-order valence-corrected chi connectivity index (χ2v) is 7.96. The molecule has 2 saturated heterocycles. The van der Waals surface area contributed by atoms with Crippen LogP contribution in [0.5, 0.6) is 0 Å². The van der Waals surface area contributed by atoms with Crippen LogP contribution in [0, 0.1) is 0 Å². The molecule has 0 radical (unpaired) electrons. The minimum atomic E-state index is -1.95. The van der Waals surface area contributed by atoms with E-state index in [9.17, 15) is 55.9 Å². The summed E-state index contributed by atoms with van der Waals surface area (Å²) in [5, 5.41) is 99.1. The van der Waals surface area contributed by atoms with Crippen LogP contribution in [0.1, 0.15) is 6.92 Å². The molecule has 0 unspecified atom stereocenters. The molecule has 2 aliphatic rings. The molecule has 2 heterocycles. The molecule has 15 nitrogen and oxygen atoms in total. The third kappa shape index (κ3) is 6.22. The van der Waals surface area contributed by atoms with Crippen molar-refractivity contribution in [3.63, 3.8) is 0 Å². The Kier molecular flexibility index (Phi) is 10.5. The summed E-state index contributed by atoms with van der Waals surface area (Å²) in [6.07, 6.45) is -24.0. The smallest absolute Gasteiger partial charge is 0.187 e. The molecule has 0 aromatic heterocycles. The molecule has 15 heteroatoms. The van der Waals surface area contributed by atoms with Crippen molar-refractivity contribution in [1.29, 1.82) is 0 Å². The lowest BCUT2D eigenvalue weighted by Gasteiger charge is -2.46. The number of hydrogen-bond donors (Lipinski definition) is 10. The second-order valence-electron chi connectivity index (χ2n) is 7.96. The van der Waals surface area contributed by atoms with E-state index < -0.39 is 99.0 Å². The number of carbonyl (C=O) groups is 1. The van der Waals surface area contributed by atoms with E-state index in [1.54, 1.807) is 0 Å². The first-order chi connectivity index (χ1) is 15.5. The monoisotopic (exact) mass is 488 g/mol. The van der Waals surface area contributed by atoms with Gasteiger partial charge in [0.1, 0.15) is 67.1 Å². The summed E-state index contributed by atoms with van der Waals surface area (Å²) in [6, 6.07) is 0. The normalized spacial score (nSPS) is 43.5. The Bertz CT molecular complexity index is 603. The van der Waals surface area contributed by atoms with E-state index in [0.29, 0.717) is 0 Å². The Morgan fingerprint density at radius 1 is 0.818 bits per heavy atom. The van der Waals surface area contributed by atoms with E-state index >= 15 is 0 Å². The highest BCUT2D eigenvalue weighted by Crippen LogP contribution is 2.30.